The van der Waals surface area contributed by atoms with Crippen LogP contribution in [0.25, 0.3) is 0 Å². The van der Waals surface area contributed by atoms with Gasteiger partial charge in [0, 0.05) is 42.9 Å². The van der Waals surface area contributed by atoms with Crippen molar-refractivity contribution >= 4 is 17.5 Å². The van der Waals surface area contributed by atoms with Crippen LogP contribution in [0, 0.1) is 30.0 Å². The number of anilines is 3. The van der Waals surface area contributed by atoms with Crippen LogP contribution in [0.4, 0.5) is 21.8 Å². The average Bonchev–Trinajstić information content (AvgIpc) is 2.47. The highest BCUT2D eigenvalue weighted by Gasteiger charge is 2.28. The summed E-state index contributed by atoms with van der Waals surface area (Å²) in [6, 6.07) is 8.27. The Labute approximate surface area is 128 Å². The summed E-state index contributed by atoms with van der Waals surface area (Å²) < 4.78 is 12.9. The number of aryl methyl sites for hydroxylation is 1. The van der Waals surface area contributed by atoms with Gasteiger partial charge in [0.05, 0.1) is 6.07 Å². The van der Waals surface area contributed by atoms with Gasteiger partial charge < -0.3 is 10.2 Å². The predicted molar refractivity (Wildman–Crippen MR) is 82.4 cm³/mol. The molecule has 1 fully saturated rings. The number of benzene rings is 1. The Morgan fingerprint density at radius 1 is 1.36 bits per heavy atom. The van der Waals surface area contributed by atoms with Crippen molar-refractivity contribution in [1.29, 1.82) is 5.26 Å². The summed E-state index contributed by atoms with van der Waals surface area (Å²) in [5.41, 5.74) is 1.74. The van der Waals surface area contributed by atoms with Crippen LogP contribution >= 0.6 is 0 Å². The second-order valence-electron chi connectivity index (χ2n) is 5.47. The van der Waals surface area contributed by atoms with Crippen LogP contribution in [0.2, 0.25) is 0 Å². The van der Waals surface area contributed by atoms with Crippen molar-refractivity contribution in [3.63, 3.8) is 0 Å². The molecule has 0 radical (unpaired) electrons. The summed E-state index contributed by atoms with van der Waals surface area (Å²) in [6.45, 7) is 3.66. The van der Waals surface area contributed by atoms with Crippen molar-refractivity contribution in [3.8, 4) is 6.07 Å². The highest BCUT2D eigenvalue weighted by Crippen LogP contribution is 2.28. The molecule has 0 aliphatic carbocycles. The van der Waals surface area contributed by atoms with E-state index in [-0.39, 0.29) is 5.82 Å². The molecule has 22 heavy (non-hydrogen) atoms. The second-order valence-corrected chi connectivity index (χ2v) is 5.47. The molecule has 3 rings (SSSR count). The molecule has 0 amide bonds. The van der Waals surface area contributed by atoms with Gasteiger partial charge >= 0.3 is 0 Å². The first-order valence-corrected chi connectivity index (χ1v) is 7.14. The molecule has 5 nitrogen and oxygen atoms in total. The molecule has 2 heterocycles. The third-order valence-corrected chi connectivity index (χ3v) is 3.68. The predicted octanol–water partition coefficient (Wildman–Crippen LogP) is 3.02. The first-order chi connectivity index (χ1) is 10.7. The molecule has 1 aliphatic rings. The van der Waals surface area contributed by atoms with Gasteiger partial charge in [0.1, 0.15) is 11.6 Å². The molecule has 6 heteroatoms. The van der Waals surface area contributed by atoms with E-state index < -0.39 is 0 Å². The van der Waals surface area contributed by atoms with E-state index in [0.29, 0.717) is 18.3 Å². The van der Waals surface area contributed by atoms with Crippen molar-refractivity contribution < 1.29 is 4.39 Å². The zero-order valence-corrected chi connectivity index (χ0v) is 12.3. The van der Waals surface area contributed by atoms with Crippen molar-refractivity contribution in [3.05, 3.63) is 41.8 Å². The molecule has 1 aliphatic heterocycles. The van der Waals surface area contributed by atoms with Crippen molar-refractivity contribution in [2.24, 2.45) is 5.92 Å². The molecule has 1 aromatic heterocycles. The molecular weight excluding hydrogens is 281 g/mol. The lowest BCUT2D eigenvalue weighted by molar-refractivity contribution is 0.414. The summed E-state index contributed by atoms with van der Waals surface area (Å²) in [6.07, 6.45) is 2.35. The minimum Gasteiger partial charge on any atom is -0.355 e. The minimum atomic E-state index is -0.278. The van der Waals surface area contributed by atoms with Crippen LogP contribution < -0.4 is 10.2 Å². The Hall–Kier alpha value is -2.68. The van der Waals surface area contributed by atoms with E-state index in [2.05, 4.69) is 26.3 Å². The first-order valence-electron chi connectivity index (χ1n) is 7.14. The molecule has 112 valence electrons. The molecule has 0 saturated carbocycles. The lowest BCUT2D eigenvalue weighted by atomic mass is 9.97. The van der Waals surface area contributed by atoms with Crippen LogP contribution in [0.15, 0.2) is 30.5 Å². The van der Waals surface area contributed by atoms with Crippen LogP contribution in [0.3, 0.4) is 0 Å². The number of nitrogens with zero attached hydrogens (tertiary/aromatic N) is 4. The quantitative estimate of drug-likeness (QED) is 0.939. The van der Waals surface area contributed by atoms with E-state index in [9.17, 15) is 4.39 Å². The van der Waals surface area contributed by atoms with Gasteiger partial charge in [-0.15, -0.1) is 0 Å². The first kappa shape index (κ1) is 14.3. The fourth-order valence-electron chi connectivity index (χ4n) is 2.48. The SMILES string of the molecule is Cc1cnc(Nc2ccc(F)cc2)nc1N1CC(CC#N)C1. The van der Waals surface area contributed by atoms with Crippen molar-refractivity contribution in [2.75, 3.05) is 23.3 Å². The normalized spacial score (nSPS) is 14.3. The molecule has 0 spiro atoms. The van der Waals surface area contributed by atoms with Gasteiger partial charge in [0.15, 0.2) is 0 Å². The van der Waals surface area contributed by atoms with Crippen LogP contribution in [0.1, 0.15) is 12.0 Å². The average molecular weight is 297 g/mol. The summed E-state index contributed by atoms with van der Waals surface area (Å²) in [5, 5.41) is 11.8. The van der Waals surface area contributed by atoms with E-state index in [4.69, 9.17) is 5.26 Å². The Morgan fingerprint density at radius 3 is 2.77 bits per heavy atom. The monoisotopic (exact) mass is 297 g/mol. The lowest BCUT2D eigenvalue weighted by Gasteiger charge is -2.39. The summed E-state index contributed by atoms with van der Waals surface area (Å²) in [7, 11) is 0. The third kappa shape index (κ3) is 2.98. The van der Waals surface area contributed by atoms with Gasteiger partial charge in [-0.2, -0.15) is 10.2 Å². The smallest absolute Gasteiger partial charge is 0.229 e. The zero-order chi connectivity index (χ0) is 15.5. The summed E-state index contributed by atoms with van der Waals surface area (Å²) >= 11 is 0. The second kappa shape index (κ2) is 5.98. The highest BCUT2D eigenvalue weighted by molar-refractivity contribution is 5.57. The molecule has 1 aromatic carbocycles. The number of aromatic nitrogens is 2. The topological polar surface area (TPSA) is 64.8 Å². The number of hydrogen-bond donors (Lipinski definition) is 1. The third-order valence-electron chi connectivity index (χ3n) is 3.68. The number of hydrogen-bond acceptors (Lipinski definition) is 5. The van der Waals surface area contributed by atoms with E-state index in [0.717, 1.165) is 30.2 Å². The number of halogens is 1. The van der Waals surface area contributed by atoms with Crippen LogP contribution in [-0.4, -0.2) is 23.1 Å². The van der Waals surface area contributed by atoms with Crippen molar-refractivity contribution in [1.82, 2.24) is 9.97 Å². The molecule has 0 unspecified atom stereocenters. The molecule has 2 aromatic rings. The summed E-state index contributed by atoms with van der Waals surface area (Å²) in [5.74, 6) is 1.51. The van der Waals surface area contributed by atoms with Crippen molar-refractivity contribution in [2.45, 2.75) is 13.3 Å². The molecule has 1 N–H and O–H groups in total. The molecule has 0 bridgehead atoms. The van der Waals surface area contributed by atoms with Gasteiger partial charge in [0.25, 0.3) is 0 Å². The Morgan fingerprint density at radius 2 is 2.09 bits per heavy atom. The molecule has 1 saturated heterocycles. The van der Waals surface area contributed by atoms with E-state index in [1.807, 2.05) is 6.92 Å². The maximum atomic E-state index is 12.9. The van der Waals surface area contributed by atoms with Gasteiger partial charge in [-0.25, -0.2) is 9.37 Å². The largest absolute Gasteiger partial charge is 0.355 e. The Kier molecular flexibility index (Phi) is 3.88. The standard InChI is InChI=1S/C16H16FN5/c1-11-8-19-16(20-14-4-2-13(17)3-5-14)21-15(11)22-9-12(10-22)6-7-18/h2-5,8,12H,6,9-10H2,1H3,(H,19,20,21). The maximum Gasteiger partial charge on any atom is 0.229 e. The van der Waals surface area contributed by atoms with Crippen LogP contribution in [0.5, 0.6) is 0 Å². The fraction of sp³-hybridized carbons (Fsp3) is 0.312. The van der Waals surface area contributed by atoms with Gasteiger partial charge in [0.2, 0.25) is 5.95 Å². The molecular formula is C16H16FN5. The van der Waals surface area contributed by atoms with Crippen LogP contribution in [-0.2, 0) is 0 Å². The Bertz CT molecular complexity index is 701. The number of rotatable bonds is 4. The van der Waals surface area contributed by atoms with Gasteiger partial charge in [-0.1, -0.05) is 0 Å². The number of nitriles is 1. The Balaban J connectivity index is 1.73. The minimum absolute atomic E-state index is 0.278. The lowest BCUT2D eigenvalue weighted by Crippen LogP contribution is -2.47. The fourth-order valence-corrected chi connectivity index (χ4v) is 2.48. The maximum absolute atomic E-state index is 12.9. The molecule has 0 atom stereocenters. The zero-order valence-electron chi connectivity index (χ0n) is 12.3. The van der Waals surface area contributed by atoms with E-state index in [1.54, 1.807) is 18.3 Å². The number of nitrogens with one attached hydrogen (secondary N) is 1. The van der Waals surface area contributed by atoms with Gasteiger partial charge in [-0.3, -0.25) is 0 Å². The summed E-state index contributed by atoms with van der Waals surface area (Å²) in [4.78, 5) is 10.9. The van der Waals surface area contributed by atoms with E-state index >= 15 is 0 Å². The van der Waals surface area contributed by atoms with Gasteiger partial charge in [-0.05, 0) is 31.2 Å². The van der Waals surface area contributed by atoms with E-state index in [1.165, 1.54) is 12.1 Å². The highest BCUT2D eigenvalue weighted by atomic mass is 19.1.